The van der Waals surface area contributed by atoms with Crippen LogP contribution < -0.4 is 0 Å². The van der Waals surface area contributed by atoms with Crippen LogP contribution in [0.5, 0.6) is 0 Å². The van der Waals surface area contributed by atoms with Crippen molar-refractivity contribution in [2.45, 2.75) is 106 Å². The number of hydrogen-bond donors (Lipinski definition) is 0. The van der Waals surface area contributed by atoms with Crippen molar-refractivity contribution in [2.24, 2.45) is 47.3 Å². The lowest BCUT2D eigenvalue weighted by Crippen LogP contribution is -2.26. The summed E-state index contributed by atoms with van der Waals surface area (Å²) in [5, 5.41) is 0. The second-order valence-corrected chi connectivity index (χ2v) is 10.9. The van der Waals surface area contributed by atoms with Gasteiger partial charge in [0, 0.05) is 12.0 Å². The van der Waals surface area contributed by atoms with Gasteiger partial charge in [-0.1, -0.05) is 69.2 Å². The van der Waals surface area contributed by atoms with Crippen LogP contribution in [-0.2, 0) is 9.47 Å². The van der Waals surface area contributed by atoms with Crippen molar-refractivity contribution in [1.29, 1.82) is 0 Å². The lowest BCUT2D eigenvalue weighted by atomic mass is 9.73. The van der Waals surface area contributed by atoms with Gasteiger partial charge in [0.1, 0.15) is 15.7 Å². The zero-order chi connectivity index (χ0) is 21.8. The van der Waals surface area contributed by atoms with Gasteiger partial charge in [-0.15, -0.1) is 0 Å². The quantitative estimate of drug-likeness (QED) is 0.546. The fourth-order valence-electron chi connectivity index (χ4n) is 5.37. The summed E-state index contributed by atoms with van der Waals surface area (Å²) in [5.74, 6) is 4.94. The Morgan fingerprint density at radius 2 is 1.04 bits per heavy atom. The lowest BCUT2D eigenvalue weighted by Gasteiger charge is -2.26. The minimum absolute atomic E-state index is 0.0475. The van der Waals surface area contributed by atoms with Crippen molar-refractivity contribution in [2.75, 3.05) is 0 Å². The molecule has 8 unspecified atom stereocenters. The summed E-state index contributed by atoms with van der Waals surface area (Å²) in [7, 11) is 12.0. The third kappa shape index (κ3) is 7.08. The molecule has 0 bridgehead atoms. The Balaban J connectivity index is 0.000000280. The van der Waals surface area contributed by atoms with Crippen LogP contribution in [0, 0.1) is 47.3 Å². The predicted molar refractivity (Wildman–Crippen MR) is 123 cm³/mol. The van der Waals surface area contributed by atoms with Crippen molar-refractivity contribution in [3.63, 3.8) is 0 Å². The van der Waals surface area contributed by atoms with E-state index < -0.39 is 0 Å². The molecule has 0 spiro atoms. The summed E-state index contributed by atoms with van der Waals surface area (Å²) in [5.41, 5.74) is 0. The van der Waals surface area contributed by atoms with E-state index in [2.05, 4.69) is 69.2 Å². The highest BCUT2D eigenvalue weighted by atomic mass is 16.5. The number of rotatable bonds is 6. The lowest BCUT2D eigenvalue weighted by molar-refractivity contribution is 0.0471. The fraction of sp³-hybridized carbons (Fsp3) is 1.00. The highest BCUT2D eigenvalue weighted by Gasteiger charge is 2.41. The van der Waals surface area contributed by atoms with E-state index in [-0.39, 0.29) is 12.0 Å². The first kappa shape index (κ1) is 26.1. The van der Waals surface area contributed by atoms with Crippen molar-refractivity contribution >= 4 is 15.7 Å². The molecule has 2 heterocycles. The van der Waals surface area contributed by atoms with Crippen LogP contribution in [0.2, 0.25) is 0 Å². The summed E-state index contributed by atoms with van der Waals surface area (Å²) < 4.78 is 11.7. The molecule has 0 aromatic heterocycles. The molecule has 0 amide bonds. The van der Waals surface area contributed by atoms with E-state index in [1.54, 1.807) is 0 Å². The molecule has 2 saturated heterocycles. The van der Waals surface area contributed by atoms with Gasteiger partial charge in [-0.05, 0) is 60.2 Å². The van der Waals surface area contributed by atoms with E-state index >= 15 is 0 Å². The summed E-state index contributed by atoms with van der Waals surface area (Å²) >= 11 is 0. The third-order valence-corrected chi connectivity index (χ3v) is 6.74. The second kappa shape index (κ2) is 11.4. The minimum Gasteiger partial charge on any atom is -0.384 e. The Hall–Kier alpha value is 0.0499. The van der Waals surface area contributed by atoms with Crippen LogP contribution in [0.4, 0.5) is 0 Å². The normalized spacial score (nSPS) is 38.5. The Bertz CT molecular complexity index is 436. The number of ether oxygens (including phenoxy) is 2. The van der Waals surface area contributed by atoms with Crippen LogP contribution in [0.1, 0.15) is 82.1 Å². The number of hydrogen-bond acceptors (Lipinski definition) is 2. The van der Waals surface area contributed by atoms with Gasteiger partial charge >= 0.3 is 0 Å². The zero-order valence-corrected chi connectivity index (χ0v) is 20.3. The van der Waals surface area contributed by atoms with Gasteiger partial charge in [0.15, 0.2) is 0 Å². The van der Waals surface area contributed by atoms with Gasteiger partial charge < -0.3 is 9.47 Å². The van der Waals surface area contributed by atoms with Crippen molar-refractivity contribution in [3.8, 4) is 0 Å². The topological polar surface area (TPSA) is 18.5 Å². The molecule has 4 radical (unpaired) electrons. The van der Waals surface area contributed by atoms with Gasteiger partial charge in [0.2, 0.25) is 0 Å². The van der Waals surface area contributed by atoms with Crippen LogP contribution in [0.3, 0.4) is 0 Å². The molecule has 28 heavy (non-hydrogen) atoms. The van der Waals surface area contributed by atoms with E-state index in [0.717, 1.165) is 12.8 Å². The average Bonchev–Trinajstić information content (AvgIpc) is 2.95. The molecule has 2 aliphatic rings. The standard InChI is InChI=1S/2C12H23BO/c1-7(2)6-10-11(8(3)4)9(5)12(13)14-10;1-7(2)6-10-9(5)11(8(3)4)12(13)14-10/h2*7-12H,6H2,1-5H3. The third-order valence-electron chi connectivity index (χ3n) is 6.74. The van der Waals surface area contributed by atoms with E-state index in [0.29, 0.717) is 59.6 Å². The molecular formula is C24H46B2O2. The van der Waals surface area contributed by atoms with Crippen LogP contribution in [-0.4, -0.2) is 39.9 Å². The van der Waals surface area contributed by atoms with Gasteiger partial charge in [-0.2, -0.15) is 0 Å². The smallest absolute Gasteiger partial charge is 0.109 e. The van der Waals surface area contributed by atoms with Gasteiger partial charge in [0.05, 0.1) is 12.2 Å². The fourth-order valence-corrected chi connectivity index (χ4v) is 5.37. The van der Waals surface area contributed by atoms with E-state index in [1.165, 1.54) is 0 Å². The van der Waals surface area contributed by atoms with Crippen LogP contribution in [0.25, 0.3) is 0 Å². The first-order chi connectivity index (χ1) is 12.9. The maximum absolute atomic E-state index is 6.01. The molecule has 0 aromatic rings. The second-order valence-electron chi connectivity index (χ2n) is 10.9. The maximum Gasteiger partial charge on any atom is 0.109 e. The Morgan fingerprint density at radius 1 is 0.607 bits per heavy atom. The van der Waals surface area contributed by atoms with Crippen molar-refractivity contribution < 1.29 is 9.47 Å². The zero-order valence-electron chi connectivity index (χ0n) is 20.3. The largest absolute Gasteiger partial charge is 0.384 e. The van der Waals surface area contributed by atoms with Gasteiger partial charge in [-0.25, -0.2) is 0 Å². The van der Waals surface area contributed by atoms with E-state index in [4.69, 9.17) is 25.2 Å². The maximum atomic E-state index is 6.01. The SMILES string of the molecule is [B]C1OC(CC(C)C)C(C(C)C)C1C.[B]C1OC(CC(C)C)C(C)C1C(C)C. The Morgan fingerprint density at radius 3 is 1.43 bits per heavy atom. The first-order valence-corrected chi connectivity index (χ1v) is 11.7. The Kier molecular flexibility index (Phi) is 10.7. The van der Waals surface area contributed by atoms with E-state index in [1.807, 2.05) is 0 Å². The molecule has 2 nitrogen and oxygen atoms in total. The van der Waals surface area contributed by atoms with Gasteiger partial charge in [-0.3, -0.25) is 0 Å². The Labute approximate surface area is 179 Å². The molecule has 0 N–H and O–H groups in total. The molecule has 4 heteroatoms. The summed E-state index contributed by atoms with van der Waals surface area (Å²) in [6, 6.07) is -0.0973. The predicted octanol–water partition coefficient (Wildman–Crippen LogP) is 5.67. The van der Waals surface area contributed by atoms with E-state index in [9.17, 15) is 0 Å². The molecule has 2 rings (SSSR count). The molecule has 0 aromatic carbocycles. The molecule has 2 aliphatic heterocycles. The van der Waals surface area contributed by atoms with Crippen molar-refractivity contribution in [3.05, 3.63) is 0 Å². The minimum atomic E-state index is -0.0499. The average molecular weight is 388 g/mol. The monoisotopic (exact) mass is 388 g/mol. The van der Waals surface area contributed by atoms with Crippen LogP contribution in [0.15, 0.2) is 0 Å². The summed E-state index contributed by atoms with van der Waals surface area (Å²) in [6.45, 7) is 22.5. The summed E-state index contributed by atoms with van der Waals surface area (Å²) in [6.07, 6.45) is 3.02. The molecule has 2 fully saturated rings. The molecule has 0 aliphatic carbocycles. The summed E-state index contributed by atoms with van der Waals surface area (Å²) in [4.78, 5) is 0. The molecule has 160 valence electrons. The molecular weight excluding hydrogens is 342 g/mol. The highest BCUT2D eigenvalue weighted by Crippen LogP contribution is 2.39. The molecule has 8 atom stereocenters. The highest BCUT2D eigenvalue weighted by molar-refractivity contribution is 6.11. The van der Waals surface area contributed by atoms with Gasteiger partial charge in [0.25, 0.3) is 0 Å². The first-order valence-electron chi connectivity index (χ1n) is 11.7. The molecule has 0 saturated carbocycles. The van der Waals surface area contributed by atoms with Crippen LogP contribution >= 0.6 is 0 Å². The van der Waals surface area contributed by atoms with Crippen molar-refractivity contribution in [1.82, 2.24) is 0 Å².